The highest BCUT2D eigenvalue weighted by Crippen LogP contribution is 1.92. The van der Waals surface area contributed by atoms with Gasteiger partial charge in [-0.15, -0.1) is 0 Å². The van der Waals surface area contributed by atoms with E-state index in [0.29, 0.717) is 0 Å². The first-order chi connectivity index (χ1) is 6.47. The summed E-state index contributed by atoms with van der Waals surface area (Å²) < 4.78 is 0. The van der Waals surface area contributed by atoms with E-state index in [-0.39, 0.29) is 13.1 Å². The fraction of sp³-hybridized carbons (Fsp3) is 0.714. The summed E-state index contributed by atoms with van der Waals surface area (Å²) in [7, 11) is 0. The number of aliphatic hydroxyl groups is 1. The number of hydrogen-bond donors (Lipinski definition) is 5. The number of nitrogens with one attached hydrogen (secondary N) is 1. The molecule has 2 atom stereocenters. The van der Waals surface area contributed by atoms with Crippen molar-refractivity contribution in [3.63, 3.8) is 0 Å². The summed E-state index contributed by atoms with van der Waals surface area (Å²) in [5, 5.41) is 28.3. The molecular formula is C7H14N2O5. The van der Waals surface area contributed by atoms with Crippen LogP contribution in [0.5, 0.6) is 0 Å². The van der Waals surface area contributed by atoms with Gasteiger partial charge in [-0.25, -0.2) is 0 Å². The van der Waals surface area contributed by atoms with Crippen LogP contribution in [-0.4, -0.2) is 52.5 Å². The number of hydrogen-bond acceptors (Lipinski definition) is 5. The third-order valence-corrected chi connectivity index (χ3v) is 1.55. The van der Waals surface area contributed by atoms with Gasteiger partial charge in [0.05, 0.1) is 12.5 Å². The van der Waals surface area contributed by atoms with E-state index in [0.717, 1.165) is 0 Å². The van der Waals surface area contributed by atoms with Crippen LogP contribution < -0.4 is 11.1 Å². The van der Waals surface area contributed by atoms with Crippen LogP contribution in [0.1, 0.15) is 6.42 Å². The summed E-state index contributed by atoms with van der Waals surface area (Å²) in [5.41, 5.74) is 5.08. The second-order valence-corrected chi connectivity index (χ2v) is 2.79. The van der Waals surface area contributed by atoms with Gasteiger partial charge >= 0.3 is 11.9 Å². The van der Waals surface area contributed by atoms with E-state index in [1.165, 1.54) is 0 Å². The lowest BCUT2D eigenvalue weighted by molar-refractivity contribution is -0.146. The molecule has 0 amide bonds. The second kappa shape index (κ2) is 6.30. The first-order valence-electron chi connectivity index (χ1n) is 4.03. The monoisotopic (exact) mass is 206 g/mol. The van der Waals surface area contributed by atoms with Crippen molar-refractivity contribution in [3.05, 3.63) is 0 Å². The Morgan fingerprint density at radius 3 is 2.29 bits per heavy atom. The highest BCUT2D eigenvalue weighted by molar-refractivity contribution is 5.80. The van der Waals surface area contributed by atoms with Gasteiger partial charge in [-0.1, -0.05) is 0 Å². The van der Waals surface area contributed by atoms with Crippen LogP contribution >= 0.6 is 0 Å². The molecule has 0 bridgehead atoms. The molecular weight excluding hydrogens is 192 g/mol. The minimum atomic E-state index is -1.27. The van der Waals surface area contributed by atoms with Gasteiger partial charge in [0.25, 0.3) is 0 Å². The SMILES string of the molecule is NCC(O)CN[C@@H](CC(=O)O)C(=O)O. The highest BCUT2D eigenvalue weighted by atomic mass is 16.4. The van der Waals surface area contributed by atoms with Crippen molar-refractivity contribution in [2.45, 2.75) is 18.6 Å². The highest BCUT2D eigenvalue weighted by Gasteiger charge is 2.20. The Kier molecular flexibility index (Phi) is 5.77. The van der Waals surface area contributed by atoms with Crippen LogP contribution in [0.15, 0.2) is 0 Å². The fourth-order valence-electron chi connectivity index (χ4n) is 0.783. The van der Waals surface area contributed by atoms with Crippen molar-refractivity contribution >= 4 is 11.9 Å². The molecule has 0 aromatic heterocycles. The molecule has 0 aromatic rings. The lowest BCUT2D eigenvalue weighted by atomic mass is 10.2. The van der Waals surface area contributed by atoms with E-state index < -0.39 is 30.5 Å². The fourth-order valence-corrected chi connectivity index (χ4v) is 0.783. The molecule has 14 heavy (non-hydrogen) atoms. The van der Waals surface area contributed by atoms with E-state index in [4.69, 9.17) is 21.1 Å². The van der Waals surface area contributed by atoms with Crippen molar-refractivity contribution in [2.75, 3.05) is 13.1 Å². The van der Waals surface area contributed by atoms with E-state index in [9.17, 15) is 9.59 Å². The van der Waals surface area contributed by atoms with Gasteiger partial charge in [0, 0.05) is 13.1 Å². The molecule has 0 aliphatic rings. The normalized spacial score (nSPS) is 14.7. The Morgan fingerprint density at radius 1 is 1.36 bits per heavy atom. The van der Waals surface area contributed by atoms with Crippen molar-refractivity contribution in [2.24, 2.45) is 5.73 Å². The standard InChI is InChI=1S/C7H14N2O5/c8-2-4(10)3-9-5(7(13)14)1-6(11)12/h4-5,9-10H,1-3,8H2,(H,11,12)(H,13,14)/t4?,5-/m0/s1. The molecule has 0 aliphatic heterocycles. The number of nitrogens with two attached hydrogens (primary N) is 1. The third kappa shape index (κ3) is 5.46. The molecule has 82 valence electrons. The van der Waals surface area contributed by atoms with Crippen LogP contribution in [0.2, 0.25) is 0 Å². The van der Waals surface area contributed by atoms with Gasteiger partial charge in [-0.05, 0) is 0 Å². The molecule has 0 saturated heterocycles. The lowest BCUT2D eigenvalue weighted by Crippen LogP contribution is -2.43. The van der Waals surface area contributed by atoms with Gasteiger partial charge in [0.1, 0.15) is 6.04 Å². The summed E-state index contributed by atoms with van der Waals surface area (Å²) in [6.07, 6.45) is -1.40. The Labute approximate surface area is 80.5 Å². The third-order valence-electron chi connectivity index (χ3n) is 1.55. The van der Waals surface area contributed by atoms with Gasteiger partial charge in [-0.3, -0.25) is 9.59 Å². The van der Waals surface area contributed by atoms with E-state index in [1.807, 2.05) is 0 Å². The summed E-state index contributed by atoms with van der Waals surface area (Å²) in [6.45, 7) is -0.0485. The van der Waals surface area contributed by atoms with E-state index in [1.54, 1.807) is 0 Å². The summed E-state index contributed by atoms with van der Waals surface area (Å²) >= 11 is 0. The Balaban J connectivity index is 3.97. The molecule has 7 nitrogen and oxygen atoms in total. The summed E-state index contributed by atoms with van der Waals surface area (Å²) in [5.74, 6) is -2.48. The van der Waals surface area contributed by atoms with Crippen molar-refractivity contribution < 1.29 is 24.9 Å². The van der Waals surface area contributed by atoms with Crippen LogP contribution in [0.4, 0.5) is 0 Å². The average Bonchev–Trinajstić information content (AvgIpc) is 2.10. The van der Waals surface area contributed by atoms with Crippen LogP contribution in [0.25, 0.3) is 0 Å². The minimum absolute atomic E-state index is 0.00753. The molecule has 0 rings (SSSR count). The van der Waals surface area contributed by atoms with E-state index >= 15 is 0 Å². The maximum atomic E-state index is 10.5. The first-order valence-corrected chi connectivity index (χ1v) is 4.03. The molecule has 0 spiro atoms. The molecule has 6 N–H and O–H groups in total. The smallest absolute Gasteiger partial charge is 0.321 e. The van der Waals surface area contributed by atoms with Crippen molar-refractivity contribution in [1.29, 1.82) is 0 Å². The molecule has 0 aromatic carbocycles. The molecule has 0 saturated carbocycles. The molecule has 0 radical (unpaired) electrons. The van der Waals surface area contributed by atoms with Gasteiger partial charge in [0.15, 0.2) is 0 Å². The van der Waals surface area contributed by atoms with Crippen LogP contribution in [-0.2, 0) is 9.59 Å². The summed E-state index contributed by atoms with van der Waals surface area (Å²) in [4.78, 5) is 20.7. The zero-order chi connectivity index (χ0) is 11.1. The lowest BCUT2D eigenvalue weighted by Gasteiger charge is -2.14. The second-order valence-electron chi connectivity index (χ2n) is 2.79. The van der Waals surface area contributed by atoms with Crippen LogP contribution in [0, 0.1) is 0 Å². The maximum Gasteiger partial charge on any atom is 0.321 e. The number of carbonyl (C=O) groups is 2. The van der Waals surface area contributed by atoms with Gasteiger partial charge in [0.2, 0.25) is 0 Å². The average molecular weight is 206 g/mol. The number of carboxylic acids is 2. The molecule has 0 aliphatic carbocycles. The number of rotatable bonds is 7. The number of aliphatic hydroxyl groups excluding tert-OH is 1. The molecule has 0 fully saturated rings. The zero-order valence-electron chi connectivity index (χ0n) is 7.51. The topological polar surface area (TPSA) is 133 Å². The Hall–Kier alpha value is -1.18. The Bertz CT molecular complexity index is 208. The minimum Gasteiger partial charge on any atom is -0.481 e. The molecule has 0 heterocycles. The van der Waals surface area contributed by atoms with Gasteiger partial charge < -0.3 is 26.4 Å². The predicted molar refractivity (Wildman–Crippen MR) is 46.7 cm³/mol. The first kappa shape index (κ1) is 12.8. The summed E-state index contributed by atoms with van der Waals surface area (Å²) in [6, 6.07) is -1.20. The van der Waals surface area contributed by atoms with Crippen molar-refractivity contribution in [1.82, 2.24) is 5.32 Å². The maximum absolute atomic E-state index is 10.5. The quantitative estimate of drug-likeness (QED) is 0.320. The molecule has 7 heteroatoms. The molecule has 1 unspecified atom stereocenters. The van der Waals surface area contributed by atoms with E-state index in [2.05, 4.69) is 5.32 Å². The number of carboxylic acid groups (broad SMARTS) is 2. The number of aliphatic carboxylic acids is 2. The predicted octanol–water partition coefficient (Wildman–Crippen LogP) is -2.18. The van der Waals surface area contributed by atoms with Gasteiger partial charge in [-0.2, -0.15) is 0 Å². The Morgan fingerprint density at radius 2 is 1.93 bits per heavy atom. The van der Waals surface area contributed by atoms with Crippen molar-refractivity contribution in [3.8, 4) is 0 Å². The largest absolute Gasteiger partial charge is 0.481 e. The van der Waals surface area contributed by atoms with Crippen LogP contribution in [0.3, 0.4) is 0 Å². The zero-order valence-corrected chi connectivity index (χ0v) is 7.51.